The molecule has 0 aliphatic carbocycles. The van der Waals surface area contributed by atoms with Crippen molar-refractivity contribution in [3.8, 4) is 21.7 Å². The van der Waals surface area contributed by atoms with E-state index >= 15 is 0 Å². The molecule has 0 N–H and O–H groups in total. The third-order valence-electron chi connectivity index (χ3n) is 7.60. The molecule has 46 heavy (non-hydrogen) atoms. The number of esters is 1. The fourth-order valence-corrected chi connectivity index (χ4v) is 6.82. The number of ether oxygens (including phenoxy) is 3. The Bertz CT molecular complexity index is 1730. The molecule has 2 heterocycles. The van der Waals surface area contributed by atoms with Crippen LogP contribution in [0.5, 0.6) is 0 Å². The van der Waals surface area contributed by atoms with Crippen LogP contribution in [0.1, 0.15) is 58.8 Å². The fraction of sp³-hybridized carbons (Fsp3) is 0.417. The molecule has 1 aromatic heterocycles. The molecule has 5 rings (SSSR count). The van der Waals surface area contributed by atoms with Gasteiger partial charge in [0.2, 0.25) is 0 Å². The third-order valence-corrected chi connectivity index (χ3v) is 8.99. The van der Waals surface area contributed by atoms with Gasteiger partial charge in [-0.1, -0.05) is 35.9 Å². The van der Waals surface area contributed by atoms with Crippen molar-refractivity contribution >= 4 is 50.9 Å². The summed E-state index contributed by atoms with van der Waals surface area (Å²) in [6.07, 6.45) is -1.21. The molecular weight excluding hydrogens is 622 g/mol. The predicted octanol–water partition coefficient (Wildman–Crippen LogP) is 8.68. The molecule has 0 spiro atoms. The van der Waals surface area contributed by atoms with Gasteiger partial charge in [0.1, 0.15) is 10.6 Å². The Kier molecular flexibility index (Phi) is 9.68. The van der Waals surface area contributed by atoms with Gasteiger partial charge in [0, 0.05) is 53.6 Å². The van der Waals surface area contributed by atoms with Crippen molar-refractivity contribution in [2.45, 2.75) is 65.8 Å². The van der Waals surface area contributed by atoms with Crippen LogP contribution in [0.25, 0.3) is 31.9 Å². The van der Waals surface area contributed by atoms with Crippen molar-refractivity contribution in [3.63, 3.8) is 0 Å². The van der Waals surface area contributed by atoms with Gasteiger partial charge in [-0.2, -0.15) is 0 Å². The van der Waals surface area contributed by atoms with E-state index in [1.807, 2.05) is 84.9 Å². The van der Waals surface area contributed by atoms with E-state index in [0.29, 0.717) is 31.2 Å². The second-order valence-electron chi connectivity index (χ2n) is 13.5. The zero-order chi connectivity index (χ0) is 33.4. The van der Waals surface area contributed by atoms with Gasteiger partial charge in [0.05, 0.1) is 22.9 Å². The van der Waals surface area contributed by atoms with E-state index in [2.05, 4.69) is 23.1 Å². The largest absolute Gasteiger partial charge is 0.467 e. The topological polar surface area (TPSA) is 81.2 Å². The Hall–Kier alpha value is -3.66. The lowest BCUT2D eigenvalue weighted by molar-refractivity contribution is -0.164. The van der Waals surface area contributed by atoms with Crippen LogP contribution >= 0.6 is 22.9 Å². The van der Waals surface area contributed by atoms with Gasteiger partial charge in [0.25, 0.3) is 0 Å². The van der Waals surface area contributed by atoms with Gasteiger partial charge in [-0.15, -0.1) is 11.3 Å². The molecule has 1 aliphatic rings. The van der Waals surface area contributed by atoms with Crippen LogP contribution in [0.15, 0.2) is 54.6 Å². The number of hydrogen-bond donors (Lipinski definition) is 0. The number of benzene rings is 3. The standard InChI is InChI=1S/C36H42ClN3O5S/c1-22-20-27-31(29(23-12-14-25(37)15-13-23)28(22)30(33(41)43-8)44-35(2,3)4)46-32(38-27)24-10-9-11-26(21-24)39-16-18-40(19-17-39)34(42)45-36(5,6)7/h9-15,20-21,30H,16-19H2,1-8H3. The first-order chi connectivity index (χ1) is 21.6. The Labute approximate surface area is 280 Å². The molecule has 3 aromatic carbocycles. The normalized spacial score (nSPS) is 14.8. The molecule has 1 atom stereocenters. The first-order valence-electron chi connectivity index (χ1n) is 15.4. The van der Waals surface area contributed by atoms with Crippen molar-refractivity contribution in [2.75, 3.05) is 38.2 Å². The summed E-state index contributed by atoms with van der Waals surface area (Å²) in [5.41, 5.74) is 5.19. The Balaban J connectivity index is 1.54. The smallest absolute Gasteiger partial charge is 0.410 e. The number of carbonyl (C=O) groups excluding carboxylic acids is 2. The third kappa shape index (κ3) is 7.65. The van der Waals surface area contributed by atoms with Crippen molar-refractivity contribution in [1.29, 1.82) is 0 Å². The van der Waals surface area contributed by atoms with Crippen LogP contribution in [0.2, 0.25) is 5.02 Å². The van der Waals surface area contributed by atoms with E-state index in [-0.39, 0.29) is 6.09 Å². The number of anilines is 1. The van der Waals surface area contributed by atoms with Gasteiger partial charge in [-0.25, -0.2) is 14.6 Å². The Morgan fingerprint density at radius 2 is 1.59 bits per heavy atom. The molecule has 1 fully saturated rings. The van der Waals surface area contributed by atoms with E-state index in [1.165, 1.54) is 7.11 Å². The van der Waals surface area contributed by atoms with Crippen LogP contribution in [0.3, 0.4) is 0 Å². The number of fused-ring (bicyclic) bond motifs is 1. The lowest BCUT2D eigenvalue weighted by Crippen LogP contribution is -2.50. The van der Waals surface area contributed by atoms with Gasteiger partial charge in [0.15, 0.2) is 6.10 Å². The minimum atomic E-state index is -0.937. The highest BCUT2D eigenvalue weighted by Gasteiger charge is 2.33. The zero-order valence-corrected chi connectivity index (χ0v) is 29.3. The summed E-state index contributed by atoms with van der Waals surface area (Å²) in [7, 11) is 1.38. The molecule has 1 aliphatic heterocycles. The molecular formula is C36H42ClN3O5S. The van der Waals surface area contributed by atoms with Crippen LogP contribution in [0.4, 0.5) is 10.5 Å². The number of amides is 1. The number of halogens is 1. The van der Waals surface area contributed by atoms with Crippen LogP contribution in [-0.2, 0) is 19.0 Å². The molecule has 4 aromatic rings. The second-order valence-corrected chi connectivity index (χ2v) is 14.9. The molecule has 0 radical (unpaired) electrons. The van der Waals surface area contributed by atoms with E-state index in [1.54, 1.807) is 16.2 Å². The molecule has 1 saturated heterocycles. The minimum absolute atomic E-state index is 0.274. The van der Waals surface area contributed by atoms with Crippen molar-refractivity contribution in [2.24, 2.45) is 0 Å². The number of thiazole rings is 1. The highest BCUT2D eigenvalue weighted by atomic mass is 35.5. The maximum absolute atomic E-state index is 13.2. The average Bonchev–Trinajstić information content (AvgIpc) is 3.42. The summed E-state index contributed by atoms with van der Waals surface area (Å²) in [5, 5.41) is 1.49. The van der Waals surface area contributed by atoms with Crippen LogP contribution in [-0.4, -0.2) is 66.4 Å². The lowest BCUT2D eigenvalue weighted by atomic mass is 9.91. The summed E-state index contributed by atoms with van der Waals surface area (Å²) in [6, 6.07) is 18.0. The summed E-state index contributed by atoms with van der Waals surface area (Å²) < 4.78 is 18.1. The fourth-order valence-electron chi connectivity index (χ4n) is 5.57. The number of rotatable bonds is 6. The number of nitrogens with zero attached hydrogens (tertiary/aromatic N) is 3. The zero-order valence-electron chi connectivity index (χ0n) is 27.8. The van der Waals surface area contributed by atoms with Crippen LogP contribution in [0, 0.1) is 6.92 Å². The summed E-state index contributed by atoms with van der Waals surface area (Å²) >= 11 is 7.86. The molecule has 8 nitrogen and oxygen atoms in total. The molecule has 0 saturated carbocycles. The van der Waals surface area contributed by atoms with Gasteiger partial charge < -0.3 is 24.0 Å². The predicted molar refractivity (Wildman–Crippen MR) is 186 cm³/mol. The van der Waals surface area contributed by atoms with E-state index in [4.69, 9.17) is 30.8 Å². The SMILES string of the molecule is COC(=O)C(OC(C)(C)C)c1c(C)cc2nc(-c3cccc(N4CCN(C(=O)OC(C)(C)C)CC4)c3)sc2c1-c1ccc(Cl)cc1. The first-order valence-corrected chi connectivity index (χ1v) is 16.6. The van der Waals surface area contributed by atoms with E-state index in [0.717, 1.165) is 48.7 Å². The van der Waals surface area contributed by atoms with Crippen LogP contribution < -0.4 is 4.90 Å². The Morgan fingerprint density at radius 1 is 0.913 bits per heavy atom. The average molecular weight is 664 g/mol. The second kappa shape index (κ2) is 13.2. The number of aromatic nitrogens is 1. The van der Waals surface area contributed by atoms with Crippen molar-refractivity contribution in [3.05, 3.63) is 70.7 Å². The number of hydrogen-bond acceptors (Lipinski definition) is 8. The monoisotopic (exact) mass is 663 g/mol. The number of carbonyl (C=O) groups is 2. The summed E-state index contributed by atoms with van der Waals surface area (Å²) in [5.74, 6) is -0.461. The maximum atomic E-state index is 13.2. The summed E-state index contributed by atoms with van der Waals surface area (Å²) in [6.45, 7) is 16.0. The van der Waals surface area contributed by atoms with Crippen molar-refractivity contribution < 1.29 is 23.8 Å². The Morgan fingerprint density at radius 3 is 2.20 bits per heavy atom. The highest BCUT2D eigenvalue weighted by Crippen LogP contribution is 2.45. The van der Waals surface area contributed by atoms with E-state index < -0.39 is 23.3 Å². The molecule has 0 bridgehead atoms. The lowest BCUT2D eigenvalue weighted by Gasteiger charge is -2.36. The minimum Gasteiger partial charge on any atom is -0.467 e. The summed E-state index contributed by atoms with van der Waals surface area (Å²) in [4.78, 5) is 35.0. The van der Waals surface area contributed by atoms with Gasteiger partial charge in [-0.05, 0) is 89.9 Å². The van der Waals surface area contributed by atoms with Gasteiger partial charge in [-0.3, -0.25) is 0 Å². The molecule has 244 valence electrons. The number of methoxy groups -OCH3 is 1. The number of aryl methyl sites for hydroxylation is 1. The quantitative estimate of drug-likeness (QED) is 0.191. The molecule has 1 unspecified atom stereocenters. The highest BCUT2D eigenvalue weighted by molar-refractivity contribution is 7.22. The van der Waals surface area contributed by atoms with Crippen molar-refractivity contribution in [1.82, 2.24) is 9.88 Å². The molecule has 1 amide bonds. The number of piperazine rings is 1. The van der Waals surface area contributed by atoms with Gasteiger partial charge >= 0.3 is 12.1 Å². The maximum Gasteiger partial charge on any atom is 0.410 e. The first kappa shape index (κ1) is 33.7. The van der Waals surface area contributed by atoms with E-state index in [9.17, 15) is 9.59 Å². The molecule has 10 heteroatoms.